The average Bonchev–Trinajstić information content (AvgIpc) is 2.63. The van der Waals surface area contributed by atoms with Gasteiger partial charge in [-0.3, -0.25) is 4.84 Å². The molecule has 0 fully saturated rings. The predicted octanol–water partition coefficient (Wildman–Crippen LogP) is 2.12. The molecule has 0 aliphatic carbocycles. The van der Waals surface area contributed by atoms with E-state index in [2.05, 4.69) is 11.1 Å². The molecule has 1 heterocycles. The van der Waals surface area contributed by atoms with Gasteiger partial charge in [-0.1, -0.05) is 12.1 Å². The maximum absolute atomic E-state index is 5.11. The lowest BCUT2D eigenvalue weighted by Crippen LogP contribution is -2.04. The van der Waals surface area contributed by atoms with E-state index < -0.39 is 0 Å². The van der Waals surface area contributed by atoms with E-state index in [1.807, 2.05) is 31.3 Å². The fourth-order valence-corrected chi connectivity index (χ4v) is 1.40. The van der Waals surface area contributed by atoms with Crippen molar-refractivity contribution in [1.82, 2.24) is 4.98 Å². The molecule has 0 saturated carbocycles. The Morgan fingerprint density at radius 1 is 1.38 bits per heavy atom. The first-order chi connectivity index (χ1) is 6.31. The van der Waals surface area contributed by atoms with Gasteiger partial charge in [-0.25, -0.2) is 5.90 Å². The van der Waals surface area contributed by atoms with Crippen molar-refractivity contribution in [2.45, 2.75) is 13.0 Å². The lowest BCUT2D eigenvalue weighted by atomic mass is 10.1. The third kappa shape index (κ3) is 1.43. The molecule has 1 aromatic heterocycles. The lowest BCUT2D eigenvalue weighted by Gasteiger charge is -2.08. The van der Waals surface area contributed by atoms with Crippen LogP contribution in [-0.4, -0.2) is 4.98 Å². The van der Waals surface area contributed by atoms with Gasteiger partial charge in [0.25, 0.3) is 0 Å². The van der Waals surface area contributed by atoms with Crippen LogP contribution in [0.15, 0.2) is 30.5 Å². The van der Waals surface area contributed by atoms with Crippen LogP contribution in [0.25, 0.3) is 10.9 Å². The molecule has 0 aliphatic rings. The number of fused-ring (bicyclic) bond motifs is 1. The Morgan fingerprint density at radius 2 is 2.23 bits per heavy atom. The Kier molecular flexibility index (Phi) is 2.04. The molecule has 2 aromatic rings. The molecule has 1 aromatic carbocycles. The summed E-state index contributed by atoms with van der Waals surface area (Å²) in [4.78, 5) is 7.89. The first-order valence-electron chi connectivity index (χ1n) is 4.24. The van der Waals surface area contributed by atoms with Crippen LogP contribution in [0.4, 0.5) is 0 Å². The highest BCUT2D eigenvalue weighted by Gasteiger charge is 2.04. The van der Waals surface area contributed by atoms with E-state index in [0.29, 0.717) is 0 Å². The van der Waals surface area contributed by atoms with E-state index in [-0.39, 0.29) is 6.10 Å². The molecule has 0 spiro atoms. The van der Waals surface area contributed by atoms with Crippen molar-refractivity contribution in [3.05, 3.63) is 36.0 Å². The third-order valence-corrected chi connectivity index (χ3v) is 2.25. The van der Waals surface area contributed by atoms with E-state index >= 15 is 0 Å². The Morgan fingerprint density at radius 3 is 3.00 bits per heavy atom. The molecule has 2 rings (SSSR count). The van der Waals surface area contributed by atoms with Gasteiger partial charge in [0.15, 0.2) is 0 Å². The lowest BCUT2D eigenvalue weighted by molar-refractivity contribution is 0.0665. The van der Waals surface area contributed by atoms with Gasteiger partial charge in [-0.2, -0.15) is 0 Å². The van der Waals surface area contributed by atoms with Crippen molar-refractivity contribution >= 4 is 10.9 Å². The molecule has 0 aliphatic heterocycles. The van der Waals surface area contributed by atoms with Gasteiger partial charge in [0.1, 0.15) is 6.10 Å². The Hall–Kier alpha value is -1.32. The molecule has 0 bridgehead atoms. The second kappa shape index (κ2) is 3.20. The third-order valence-electron chi connectivity index (χ3n) is 2.25. The highest BCUT2D eigenvalue weighted by atomic mass is 16.6. The number of hydrogen-bond acceptors (Lipinski definition) is 2. The number of benzene rings is 1. The van der Waals surface area contributed by atoms with Crippen LogP contribution in [0.1, 0.15) is 18.6 Å². The second-order valence-electron chi connectivity index (χ2n) is 3.10. The largest absolute Gasteiger partial charge is 0.361 e. The highest BCUT2D eigenvalue weighted by molar-refractivity contribution is 5.79. The molecule has 13 heavy (non-hydrogen) atoms. The van der Waals surface area contributed by atoms with Crippen LogP contribution >= 0.6 is 0 Å². The first kappa shape index (κ1) is 8.29. The minimum absolute atomic E-state index is 0.0623. The van der Waals surface area contributed by atoms with Gasteiger partial charge in [0.05, 0.1) is 0 Å². The monoisotopic (exact) mass is 176 g/mol. The van der Waals surface area contributed by atoms with Crippen LogP contribution in [-0.2, 0) is 4.84 Å². The van der Waals surface area contributed by atoms with Gasteiger partial charge < -0.3 is 4.98 Å². The summed E-state index contributed by atoms with van der Waals surface area (Å²) in [5.41, 5.74) is 2.19. The Balaban J connectivity index is 2.48. The first-order valence-corrected chi connectivity index (χ1v) is 4.24. The van der Waals surface area contributed by atoms with Crippen LogP contribution < -0.4 is 5.90 Å². The van der Waals surface area contributed by atoms with Gasteiger partial charge in [0, 0.05) is 11.7 Å². The summed E-state index contributed by atoms with van der Waals surface area (Å²) in [6.07, 6.45) is 1.86. The number of hydrogen-bond donors (Lipinski definition) is 2. The molecule has 0 saturated heterocycles. The van der Waals surface area contributed by atoms with Crippen LogP contribution in [0.3, 0.4) is 0 Å². The SMILES string of the molecule is CC(ON)c1ccc2cc[nH]c2c1. The maximum atomic E-state index is 5.11. The second-order valence-corrected chi connectivity index (χ2v) is 3.10. The van der Waals surface area contributed by atoms with E-state index in [1.54, 1.807) is 0 Å². The quantitative estimate of drug-likeness (QED) is 0.688. The van der Waals surface area contributed by atoms with Gasteiger partial charge in [-0.15, -0.1) is 0 Å². The number of aromatic nitrogens is 1. The number of rotatable bonds is 2. The molecule has 68 valence electrons. The average molecular weight is 176 g/mol. The minimum atomic E-state index is -0.0623. The number of nitrogens with one attached hydrogen (secondary N) is 1. The van der Waals surface area contributed by atoms with Crippen molar-refractivity contribution in [2.24, 2.45) is 5.90 Å². The summed E-state index contributed by atoms with van der Waals surface area (Å²) in [6.45, 7) is 1.92. The standard InChI is InChI=1S/C10H12N2O/c1-7(13-11)9-3-2-8-4-5-12-10(8)6-9/h2-7,12H,11H2,1H3. The molecule has 3 nitrogen and oxygen atoms in total. The van der Waals surface area contributed by atoms with Crippen molar-refractivity contribution in [1.29, 1.82) is 0 Å². The number of nitrogens with two attached hydrogens (primary N) is 1. The van der Waals surface area contributed by atoms with E-state index in [0.717, 1.165) is 11.1 Å². The summed E-state index contributed by atoms with van der Waals surface area (Å²) in [7, 11) is 0. The highest BCUT2D eigenvalue weighted by Crippen LogP contribution is 2.20. The van der Waals surface area contributed by atoms with E-state index in [9.17, 15) is 0 Å². The van der Waals surface area contributed by atoms with E-state index in [4.69, 9.17) is 10.7 Å². The number of H-pyrrole nitrogens is 1. The zero-order chi connectivity index (χ0) is 9.26. The summed E-state index contributed by atoms with van der Waals surface area (Å²) in [6, 6.07) is 8.16. The Labute approximate surface area is 76.5 Å². The van der Waals surface area contributed by atoms with Crippen molar-refractivity contribution in [3.8, 4) is 0 Å². The van der Waals surface area contributed by atoms with Crippen molar-refractivity contribution < 1.29 is 4.84 Å². The molecule has 3 N–H and O–H groups in total. The smallest absolute Gasteiger partial charge is 0.101 e. The van der Waals surface area contributed by atoms with Gasteiger partial charge in [0.2, 0.25) is 0 Å². The number of aromatic amines is 1. The van der Waals surface area contributed by atoms with Crippen molar-refractivity contribution in [2.75, 3.05) is 0 Å². The van der Waals surface area contributed by atoms with E-state index in [1.165, 1.54) is 5.39 Å². The Bertz CT molecular complexity index is 408. The molecule has 0 radical (unpaired) electrons. The molecule has 1 atom stereocenters. The summed E-state index contributed by atoms with van der Waals surface area (Å²) in [5, 5.41) is 1.20. The molecule has 1 unspecified atom stereocenters. The van der Waals surface area contributed by atoms with Gasteiger partial charge >= 0.3 is 0 Å². The summed E-state index contributed by atoms with van der Waals surface area (Å²) in [5.74, 6) is 5.11. The molecular weight excluding hydrogens is 164 g/mol. The predicted molar refractivity (Wildman–Crippen MR) is 52.0 cm³/mol. The summed E-state index contributed by atoms with van der Waals surface area (Å²) < 4.78 is 0. The van der Waals surface area contributed by atoms with Crippen LogP contribution in [0.2, 0.25) is 0 Å². The van der Waals surface area contributed by atoms with Gasteiger partial charge in [-0.05, 0) is 30.0 Å². The van der Waals surface area contributed by atoms with Crippen LogP contribution in [0, 0.1) is 0 Å². The topological polar surface area (TPSA) is 51.0 Å². The zero-order valence-corrected chi connectivity index (χ0v) is 7.45. The fraction of sp³-hybridized carbons (Fsp3) is 0.200. The fourth-order valence-electron chi connectivity index (χ4n) is 1.40. The zero-order valence-electron chi connectivity index (χ0n) is 7.45. The minimum Gasteiger partial charge on any atom is -0.361 e. The molecule has 0 amide bonds. The van der Waals surface area contributed by atoms with Crippen LogP contribution in [0.5, 0.6) is 0 Å². The maximum Gasteiger partial charge on any atom is 0.101 e. The summed E-state index contributed by atoms with van der Waals surface area (Å²) >= 11 is 0. The van der Waals surface area contributed by atoms with Crippen molar-refractivity contribution in [3.63, 3.8) is 0 Å². The molecular formula is C10H12N2O. The normalized spacial score (nSPS) is 13.4. The molecule has 3 heteroatoms.